The molecule has 0 aliphatic rings. The summed E-state index contributed by atoms with van der Waals surface area (Å²) in [5.74, 6) is 0. The van der Waals surface area contributed by atoms with Crippen LogP contribution in [0.3, 0.4) is 0 Å². The van der Waals surface area contributed by atoms with E-state index < -0.39 is 10.0 Å². The Morgan fingerprint density at radius 2 is 1.80 bits per heavy atom. The molecule has 0 aliphatic carbocycles. The number of benzene rings is 3. The van der Waals surface area contributed by atoms with Gasteiger partial charge in [0.05, 0.1) is 21.7 Å². The molecule has 0 saturated carbocycles. The Kier molecular flexibility index (Phi) is 5.76. The first-order valence-corrected chi connectivity index (χ1v) is 12.4. The van der Waals surface area contributed by atoms with E-state index in [4.69, 9.17) is 11.6 Å². The number of nitrogens with one attached hydrogen (secondary N) is 1. The average Bonchev–Trinajstić information content (AvgIpc) is 3.01. The Balaban J connectivity index is 1.67. The molecule has 154 valence electrons. The number of aryl methyl sites for hydroxylation is 1. The standard InChI is InChI=1S/C21H16BrClN2O3S2/c1-13-10-16(6-8-18(13)22)24-30(27,28)17-7-9-19-20(11-17)29-21(26)25(19)12-14-2-4-15(23)5-3-14/h2-11,24H,12H2,1H3. The van der Waals surface area contributed by atoms with Crippen LogP contribution in [0.1, 0.15) is 11.1 Å². The molecule has 1 aromatic heterocycles. The summed E-state index contributed by atoms with van der Waals surface area (Å²) >= 11 is 10.4. The minimum Gasteiger partial charge on any atom is -0.294 e. The molecule has 3 aromatic carbocycles. The van der Waals surface area contributed by atoms with Crippen LogP contribution in [0.15, 0.2) is 74.8 Å². The lowest BCUT2D eigenvalue weighted by Crippen LogP contribution is -2.14. The molecule has 0 fully saturated rings. The van der Waals surface area contributed by atoms with Gasteiger partial charge in [0.1, 0.15) is 0 Å². The van der Waals surface area contributed by atoms with Crippen LogP contribution in [-0.4, -0.2) is 13.0 Å². The molecule has 0 bridgehead atoms. The molecule has 1 heterocycles. The van der Waals surface area contributed by atoms with E-state index in [1.165, 1.54) is 12.1 Å². The fourth-order valence-electron chi connectivity index (χ4n) is 3.06. The molecule has 4 aromatic rings. The number of aromatic nitrogens is 1. The Bertz CT molecular complexity index is 1410. The van der Waals surface area contributed by atoms with Gasteiger partial charge in [-0.3, -0.25) is 14.1 Å². The highest BCUT2D eigenvalue weighted by atomic mass is 79.9. The molecule has 0 saturated heterocycles. The van der Waals surface area contributed by atoms with E-state index in [9.17, 15) is 13.2 Å². The Morgan fingerprint density at radius 1 is 1.07 bits per heavy atom. The van der Waals surface area contributed by atoms with Gasteiger partial charge in [-0.05, 0) is 66.6 Å². The first-order valence-electron chi connectivity index (χ1n) is 8.90. The monoisotopic (exact) mass is 522 g/mol. The molecule has 0 spiro atoms. The van der Waals surface area contributed by atoms with Crippen LogP contribution < -0.4 is 9.60 Å². The molecule has 1 N–H and O–H groups in total. The quantitative estimate of drug-likeness (QED) is 0.368. The summed E-state index contributed by atoms with van der Waals surface area (Å²) in [5.41, 5.74) is 3.02. The lowest BCUT2D eigenvalue weighted by Gasteiger charge is -2.10. The van der Waals surface area contributed by atoms with E-state index in [2.05, 4.69) is 20.7 Å². The third-order valence-electron chi connectivity index (χ3n) is 4.61. The number of hydrogen-bond donors (Lipinski definition) is 1. The zero-order chi connectivity index (χ0) is 21.5. The molecule has 5 nitrogen and oxygen atoms in total. The van der Waals surface area contributed by atoms with E-state index >= 15 is 0 Å². The molecule has 0 amide bonds. The van der Waals surface area contributed by atoms with Gasteiger partial charge < -0.3 is 0 Å². The molecule has 0 radical (unpaired) electrons. The van der Waals surface area contributed by atoms with Crippen LogP contribution in [0, 0.1) is 6.92 Å². The number of sulfonamides is 1. The summed E-state index contributed by atoms with van der Waals surface area (Å²) in [6.07, 6.45) is 0. The zero-order valence-corrected chi connectivity index (χ0v) is 19.7. The highest BCUT2D eigenvalue weighted by molar-refractivity contribution is 9.10. The van der Waals surface area contributed by atoms with Gasteiger partial charge >= 0.3 is 4.87 Å². The van der Waals surface area contributed by atoms with Crippen LogP contribution in [0.4, 0.5) is 5.69 Å². The fourth-order valence-corrected chi connectivity index (χ4v) is 5.51. The van der Waals surface area contributed by atoms with Crippen molar-refractivity contribution in [3.05, 3.63) is 91.0 Å². The molecule has 0 aliphatic heterocycles. The third kappa shape index (κ3) is 4.32. The summed E-state index contributed by atoms with van der Waals surface area (Å²) in [4.78, 5) is 12.5. The van der Waals surface area contributed by atoms with E-state index in [0.717, 1.165) is 26.9 Å². The van der Waals surface area contributed by atoms with Gasteiger partial charge in [0.15, 0.2) is 0 Å². The predicted octanol–water partition coefficient (Wildman–Crippen LogP) is 5.64. The minimum atomic E-state index is -3.79. The number of halogens is 2. The van der Waals surface area contributed by atoms with Crippen molar-refractivity contribution in [3.8, 4) is 0 Å². The number of nitrogens with zero attached hydrogens (tertiary/aromatic N) is 1. The molecule has 0 unspecified atom stereocenters. The normalized spacial score (nSPS) is 11.7. The van der Waals surface area contributed by atoms with Gasteiger partial charge in [-0.25, -0.2) is 8.42 Å². The van der Waals surface area contributed by atoms with Crippen LogP contribution in [0.25, 0.3) is 10.2 Å². The van der Waals surface area contributed by atoms with E-state index in [0.29, 0.717) is 27.5 Å². The second-order valence-electron chi connectivity index (χ2n) is 6.78. The van der Waals surface area contributed by atoms with Gasteiger partial charge in [0, 0.05) is 15.2 Å². The molecular weight excluding hydrogens is 508 g/mol. The Labute approximate surface area is 191 Å². The summed E-state index contributed by atoms with van der Waals surface area (Å²) in [6, 6.07) is 17.2. The maximum atomic E-state index is 12.8. The number of rotatable bonds is 5. The second kappa shape index (κ2) is 8.19. The van der Waals surface area contributed by atoms with Gasteiger partial charge in [-0.2, -0.15) is 0 Å². The maximum absolute atomic E-state index is 12.8. The lowest BCUT2D eigenvalue weighted by atomic mass is 10.2. The van der Waals surface area contributed by atoms with Crippen molar-refractivity contribution in [2.45, 2.75) is 18.4 Å². The molecule has 9 heteroatoms. The number of fused-ring (bicyclic) bond motifs is 1. The smallest absolute Gasteiger partial charge is 0.294 e. The van der Waals surface area contributed by atoms with Crippen LogP contribution >= 0.6 is 38.9 Å². The van der Waals surface area contributed by atoms with Crippen molar-refractivity contribution in [2.75, 3.05) is 4.72 Å². The Hall–Kier alpha value is -2.13. The van der Waals surface area contributed by atoms with E-state index in [-0.39, 0.29) is 9.77 Å². The summed E-state index contributed by atoms with van der Waals surface area (Å²) in [5, 5.41) is 0.629. The average molecular weight is 524 g/mol. The van der Waals surface area contributed by atoms with Crippen molar-refractivity contribution in [2.24, 2.45) is 0 Å². The van der Waals surface area contributed by atoms with E-state index in [1.54, 1.807) is 41.0 Å². The lowest BCUT2D eigenvalue weighted by molar-refractivity contribution is 0.601. The van der Waals surface area contributed by atoms with Gasteiger partial charge in [0.2, 0.25) is 0 Å². The predicted molar refractivity (Wildman–Crippen MR) is 126 cm³/mol. The van der Waals surface area contributed by atoms with Crippen LogP contribution in [-0.2, 0) is 16.6 Å². The SMILES string of the molecule is Cc1cc(NS(=O)(=O)c2ccc3c(c2)sc(=O)n3Cc2ccc(Cl)cc2)ccc1Br. The summed E-state index contributed by atoms with van der Waals surface area (Å²) < 4.78 is 31.4. The minimum absolute atomic E-state index is 0.107. The summed E-state index contributed by atoms with van der Waals surface area (Å²) in [6.45, 7) is 2.27. The maximum Gasteiger partial charge on any atom is 0.308 e. The van der Waals surface area contributed by atoms with Crippen molar-refractivity contribution in [3.63, 3.8) is 0 Å². The topological polar surface area (TPSA) is 68.2 Å². The summed E-state index contributed by atoms with van der Waals surface area (Å²) in [7, 11) is -3.79. The fraction of sp³-hybridized carbons (Fsp3) is 0.0952. The third-order valence-corrected chi connectivity index (χ3v) is 8.08. The van der Waals surface area contributed by atoms with Crippen LogP contribution in [0.2, 0.25) is 5.02 Å². The highest BCUT2D eigenvalue weighted by Gasteiger charge is 2.17. The molecular formula is C21H16BrClN2O3S2. The second-order valence-corrected chi connectivity index (χ2v) is 10.7. The van der Waals surface area contributed by atoms with Gasteiger partial charge in [-0.15, -0.1) is 0 Å². The van der Waals surface area contributed by atoms with Gasteiger partial charge in [-0.1, -0.05) is 51.0 Å². The number of thiazole rings is 1. The first-order chi connectivity index (χ1) is 14.2. The van der Waals surface area contributed by atoms with Gasteiger partial charge in [0.25, 0.3) is 10.0 Å². The molecule has 0 atom stereocenters. The molecule has 30 heavy (non-hydrogen) atoms. The zero-order valence-electron chi connectivity index (χ0n) is 15.7. The van der Waals surface area contributed by atoms with Crippen molar-refractivity contribution in [1.82, 2.24) is 4.57 Å². The highest BCUT2D eigenvalue weighted by Crippen LogP contribution is 2.26. The van der Waals surface area contributed by atoms with Crippen molar-refractivity contribution >= 4 is 64.8 Å². The van der Waals surface area contributed by atoms with Crippen molar-refractivity contribution in [1.29, 1.82) is 0 Å². The van der Waals surface area contributed by atoms with Crippen molar-refractivity contribution < 1.29 is 8.42 Å². The van der Waals surface area contributed by atoms with E-state index in [1.807, 2.05) is 19.1 Å². The largest absolute Gasteiger partial charge is 0.308 e. The van der Waals surface area contributed by atoms with Crippen LogP contribution in [0.5, 0.6) is 0 Å². The first kappa shape index (κ1) is 21.1. The number of hydrogen-bond acceptors (Lipinski definition) is 4. The molecule has 4 rings (SSSR count). The Morgan fingerprint density at radius 3 is 2.50 bits per heavy atom. The number of anilines is 1.